The van der Waals surface area contributed by atoms with Gasteiger partial charge in [0, 0.05) is 6.42 Å². The summed E-state index contributed by atoms with van der Waals surface area (Å²) in [6, 6.07) is 0. The Bertz CT molecular complexity index is 339. The second-order valence-corrected chi connectivity index (χ2v) is 3.99. The summed E-state index contributed by atoms with van der Waals surface area (Å²) in [6.07, 6.45) is 6.91. The smallest absolute Gasteiger partial charge is 0.122 e. The van der Waals surface area contributed by atoms with Gasteiger partial charge in [0.15, 0.2) is 0 Å². The van der Waals surface area contributed by atoms with Crippen LogP contribution in [-0.4, -0.2) is 24.4 Å². The van der Waals surface area contributed by atoms with Crippen molar-refractivity contribution >= 4 is 0 Å². The standard InChI is InChI=1S/C14H20O3/c1-4-12(3)16-9-13(15)10-17-14-8-6-5-7-11(14)2/h4-5,7,13,15H,1,3,6,8-10H2,2H3. The lowest BCUT2D eigenvalue weighted by atomic mass is 10.1. The minimum atomic E-state index is -0.655. The van der Waals surface area contributed by atoms with Crippen LogP contribution in [-0.2, 0) is 9.47 Å². The Morgan fingerprint density at radius 2 is 2.35 bits per heavy atom. The van der Waals surface area contributed by atoms with Gasteiger partial charge in [-0.1, -0.05) is 25.3 Å². The minimum Gasteiger partial charge on any atom is -0.495 e. The molecule has 0 amide bonds. The van der Waals surface area contributed by atoms with Gasteiger partial charge in [-0.15, -0.1) is 0 Å². The molecule has 0 saturated carbocycles. The highest BCUT2D eigenvalue weighted by Crippen LogP contribution is 2.19. The summed E-state index contributed by atoms with van der Waals surface area (Å²) in [6.45, 7) is 9.53. The van der Waals surface area contributed by atoms with Crippen LogP contribution in [0.1, 0.15) is 19.8 Å². The highest BCUT2D eigenvalue weighted by molar-refractivity contribution is 5.23. The van der Waals surface area contributed by atoms with E-state index in [1.54, 1.807) is 0 Å². The Labute approximate surface area is 103 Å². The Kier molecular flexibility index (Phi) is 5.57. The number of aliphatic hydroxyl groups is 1. The van der Waals surface area contributed by atoms with Gasteiger partial charge in [-0.05, 0) is 25.0 Å². The van der Waals surface area contributed by atoms with Gasteiger partial charge in [-0.25, -0.2) is 0 Å². The van der Waals surface area contributed by atoms with E-state index in [4.69, 9.17) is 9.47 Å². The third-order valence-electron chi connectivity index (χ3n) is 2.48. The number of hydrogen-bond acceptors (Lipinski definition) is 3. The largest absolute Gasteiger partial charge is 0.495 e. The van der Waals surface area contributed by atoms with E-state index in [0.717, 1.165) is 24.2 Å². The van der Waals surface area contributed by atoms with Crippen molar-refractivity contribution in [1.29, 1.82) is 0 Å². The number of ether oxygens (including phenoxy) is 2. The third-order valence-corrected chi connectivity index (χ3v) is 2.48. The summed E-state index contributed by atoms with van der Waals surface area (Å²) in [4.78, 5) is 0. The summed E-state index contributed by atoms with van der Waals surface area (Å²) in [5.74, 6) is 1.41. The predicted molar refractivity (Wildman–Crippen MR) is 68.3 cm³/mol. The minimum absolute atomic E-state index is 0.174. The molecule has 0 aromatic heterocycles. The molecule has 3 heteroatoms. The second kappa shape index (κ2) is 6.97. The van der Waals surface area contributed by atoms with Crippen molar-refractivity contribution in [2.45, 2.75) is 25.9 Å². The molecule has 0 fully saturated rings. The lowest BCUT2D eigenvalue weighted by molar-refractivity contribution is 0.0182. The molecule has 0 radical (unpaired) electrons. The first-order chi connectivity index (χ1) is 8.13. The van der Waals surface area contributed by atoms with Crippen molar-refractivity contribution in [2.75, 3.05) is 13.2 Å². The van der Waals surface area contributed by atoms with Crippen molar-refractivity contribution < 1.29 is 14.6 Å². The Morgan fingerprint density at radius 3 is 3.00 bits per heavy atom. The molecule has 0 aromatic carbocycles. The van der Waals surface area contributed by atoms with E-state index in [1.807, 2.05) is 13.0 Å². The summed E-state index contributed by atoms with van der Waals surface area (Å²) in [5.41, 5.74) is 1.12. The Hall–Kier alpha value is -1.48. The maximum absolute atomic E-state index is 9.64. The van der Waals surface area contributed by atoms with Crippen LogP contribution in [0.3, 0.4) is 0 Å². The normalized spacial score (nSPS) is 16.6. The van der Waals surface area contributed by atoms with E-state index in [9.17, 15) is 5.11 Å². The highest BCUT2D eigenvalue weighted by Gasteiger charge is 2.10. The molecule has 3 nitrogen and oxygen atoms in total. The molecule has 94 valence electrons. The van der Waals surface area contributed by atoms with Crippen LogP contribution in [0.5, 0.6) is 0 Å². The van der Waals surface area contributed by atoms with Gasteiger partial charge in [-0.3, -0.25) is 0 Å². The molecule has 1 N–H and O–H groups in total. The Balaban J connectivity index is 2.28. The zero-order valence-corrected chi connectivity index (χ0v) is 10.3. The molecule has 17 heavy (non-hydrogen) atoms. The van der Waals surface area contributed by atoms with Gasteiger partial charge >= 0.3 is 0 Å². The van der Waals surface area contributed by atoms with Crippen LogP contribution in [0, 0.1) is 0 Å². The van der Waals surface area contributed by atoms with Crippen molar-refractivity contribution in [3.63, 3.8) is 0 Å². The van der Waals surface area contributed by atoms with E-state index >= 15 is 0 Å². The molecule has 0 saturated heterocycles. The van der Waals surface area contributed by atoms with E-state index < -0.39 is 6.10 Å². The summed E-state index contributed by atoms with van der Waals surface area (Å²) in [5, 5.41) is 9.64. The maximum atomic E-state index is 9.64. The molecule has 0 aromatic rings. The molecular formula is C14H20O3. The molecule has 1 atom stereocenters. The molecule has 1 unspecified atom stereocenters. The number of aliphatic hydroxyl groups excluding tert-OH is 1. The predicted octanol–water partition coefficient (Wildman–Crippen LogP) is 2.70. The first-order valence-electron chi connectivity index (χ1n) is 5.74. The SMILES string of the molecule is C=CC(=C)OCC(O)COC1=C(C)C=CCC1. The van der Waals surface area contributed by atoms with Gasteiger partial charge in [0.25, 0.3) is 0 Å². The number of allylic oxidation sites excluding steroid dienone is 5. The first kappa shape index (κ1) is 13.6. The maximum Gasteiger partial charge on any atom is 0.122 e. The molecular weight excluding hydrogens is 216 g/mol. The van der Waals surface area contributed by atoms with E-state index in [-0.39, 0.29) is 13.2 Å². The number of rotatable bonds is 7. The van der Waals surface area contributed by atoms with Crippen molar-refractivity contribution in [3.05, 3.63) is 48.5 Å². The van der Waals surface area contributed by atoms with Crippen LogP contribution < -0.4 is 0 Å². The fraction of sp³-hybridized carbons (Fsp3) is 0.429. The zero-order chi connectivity index (χ0) is 12.7. The second-order valence-electron chi connectivity index (χ2n) is 3.99. The molecule has 1 rings (SSSR count). The quantitative estimate of drug-likeness (QED) is 0.545. The molecule has 0 spiro atoms. The zero-order valence-electron chi connectivity index (χ0n) is 10.3. The van der Waals surface area contributed by atoms with Crippen molar-refractivity contribution in [1.82, 2.24) is 0 Å². The first-order valence-corrected chi connectivity index (χ1v) is 5.74. The third kappa shape index (κ3) is 4.91. The lowest BCUT2D eigenvalue weighted by Crippen LogP contribution is -2.21. The monoisotopic (exact) mass is 236 g/mol. The van der Waals surface area contributed by atoms with Gasteiger partial charge in [-0.2, -0.15) is 0 Å². The molecule has 0 heterocycles. The highest BCUT2D eigenvalue weighted by atomic mass is 16.5. The van der Waals surface area contributed by atoms with E-state index in [2.05, 4.69) is 19.2 Å². The molecule has 1 aliphatic rings. The average molecular weight is 236 g/mol. The fourth-order valence-electron chi connectivity index (χ4n) is 1.46. The molecule has 0 bridgehead atoms. The van der Waals surface area contributed by atoms with Gasteiger partial charge < -0.3 is 14.6 Å². The van der Waals surface area contributed by atoms with Crippen molar-refractivity contribution in [2.24, 2.45) is 0 Å². The average Bonchev–Trinajstić information content (AvgIpc) is 2.35. The Morgan fingerprint density at radius 1 is 1.59 bits per heavy atom. The van der Waals surface area contributed by atoms with Gasteiger partial charge in [0.2, 0.25) is 0 Å². The van der Waals surface area contributed by atoms with Crippen molar-refractivity contribution in [3.8, 4) is 0 Å². The van der Waals surface area contributed by atoms with Crippen LogP contribution in [0.2, 0.25) is 0 Å². The van der Waals surface area contributed by atoms with Crippen LogP contribution in [0.15, 0.2) is 48.5 Å². The van der Waals surface area contributed by atoms with Gasteiger partial charge in [0.1, 0.15) is 25.1 Å². The summed E-state index contributed by atoms with van der Waals surface area (Å²) >= 11 is 0. The van der Waals surface area contributed by atoms with E-state index in [0.29, 0.717) is 5.76 Å². The molecule has 1 aliphatic carbocycles. The number of hydrogen-bond donors (Lipinski definition) is 1. The topological polar surface area (TPSA) is 38.7 Å². The fourth-order valence-corrected chi connectivity index (χ4v) is 1.46. The van der Waals surface area contributed by atoms with Crippen LogP contribution >= 0.6 is 0 Å². The van der Waals surface area contributed by atoms with Gasteiger partial charge in [0.05, 0.1) is 5.76 Å². The van der Waals surface area contributed by atoms with Crippen LogP contribution in [0.4, 0.5) is 0 Å². The summed E-state index contributed by atoms with van der Waals surface area (Å²) < 4.78 is 10.7. The van der Waals surface area contributed by atoms with Crippen LogP contribution in [0.25, 0.3) is 0 Å². The van der Waals surface area contributed by atoms with E-state index in [1.165, 1.54) is 6.08 Å². The summed E-state index contributed by atoms with van der Waals surface area (Å²) in [7, 11) is 0. The molecule has 0 aliphatic heterocycles. The lowest BCUT2D eigenvalue weighted by Gasteiger charge is -2.18.